The van der Waals surface area contributed by atoms with Crippen molar-refractivity contribution in [3.63, 3.8) is 0 Å². The Hall–Kier alpha value is -5.30. The van der Waals surface area contributed by atoms with E-state index in [1.54, 1.807) is 55.4 Å². The summed E-state index contributed by atoms with van der Waals surface area (Å²) in [6.07, 6.45) is 8.75. The summed E-state index contributed by atoms with van der Waals surface area (Å²) in [7, 11) is 0. The third-order valence-corrected chi connectivity index (χ3v) is 12.7. The number of carboxylic acid groups (broad SMARTS) is 2. The zero-order valence-corrected chi connectivity index (χ0v) is 46.5. The zero-order valence-electron chi connectivity index (χ0n) is 46.5. The molecule has 0 aromatic rings. The van der Waals surface area contributed by atoms with Gasteiger partial charge in [-0.05, 0) is 74.5 Å². The first-order chi connectivity index (χ1) is 34.7. The maximum Gasteiger partial charge on any atom is 0.329 e. The van der Waals surface area contributed by atoms with Crippen LogP contribution in [0.1, 0.15) is 205 Å². The molecule has 0 saturated carbocycles. The molecule has 0 aromatic carbocycles. The van der Waals surface area contributed by atoms with Gasteiger partial charge in [0.1, 0.15) is 48.4 Å². The van der Waals surface area contributed by atoms with Gasteiger partial charge in [0, 0.05) is 6.42 Å². The highest BCUT2D eigenvalue weighted by Gasteiger charge is 2.37. The summed E-state index contributed by atoms with van der Waals surface area (Å²) in [4.78, 5) is 137. The molecule has 74 heavy (non-hydrogen) atoms. The number of aliphatic carboxylic acids is 2. The fraction of sp³-hybridized carbons (Fsp3) is 0.815. The fourth-order valence-electron chi connectivity index (χ4n) is 8.78. The van der Waals surface area contributed by atoms with E-state index in [4.69, 9.17) is 4.74 Å². The average Bonchev–Trinajstić information content (AvgIpc) is 3.28. The van der Waals surface area contributed by atoms with Gasteiger partial charge in [-0.3, -0.25) is 43.2 Å². The molecule has 9 N–H and O–H groups in total. The minimum absolute atomic E-state index is 0.0298. The molecule has 1 saturated heterocycles. The topological polar surface area (TPSA) is 305 Å². The molecule has 0 spiro atoms. The van der Waals surface area contributed by atoms with E-state index in [9.17, 15) is 58.2 Å². The molecule has 8 atom stereocenters. The van der Waals surface area contributed by atoms with E-state index < -0.39 is 133 Å². The Balaban J connectivity index is 3.91. The van der Waals surface area contributed by atoms with Crippen LogP contribution in [-0.2, 0) is 52.7 Å². The summed E-state index contributed by atoms with van der Waals surface area (Å²) < 4.78 is 6.02. The molecule has 0 aromatic heterocycles. The van der Waals surface area contributed by atoms with Crippen LogP contribution in [-0.4, -0.2) is 118 Å². The number of ether oxygens (including phenoxy) is 1. The first-order valence-electron chi connectivity index (χ1n) is 27.5. The highest BCUT2D eigenvalue weighted by Crippen LogP contribution is 2.19. The fourth-order valence-corrected chi connectivity index (χ4v) is 8.78. The van der Waals surface area contributed by atoms with E-state index >= 15 is 0 Å². The first kappa shape index (κ1) is 66.7. The Morgan fingerprint density at radius 1 is 0.459 bits per heavy atom. The van der Waals surface area contributed by atoms with Crippen LogP contribution in [0, 0.1) is 29.6 Å². The van der Waals surface area contributed by atoms with E-state index in [1.165, 1.54) is 32.1 Å². The van der Waals surface area contributed by atoms with Crippen LogP contribution in [0.4, 0.5) is 0 Å². The largest absolute Gasteiger partial charge is 0.481 e. The summed E-state index contributed by atoms with van der Waals surface area (Å²) in [5.74, 6) is -10.8. The molecular weight excluding hydrogens is 955 g/mol. The van der Waals surface area contributed by atoms with Gasteiger partial charge in [0.25, 0.3) is 0 Å². The second kappa shape index (κ2) is 35.8. The van der Waals surface area contributed by atoms with Crippen LogP contribution in [0.15, 0.2) is 0 Å². The summed E-state index contributed by atoms with van der Waals surface area (Å²) in [6, 6.07) is -9.63. The maximum atomic E-state index is 14.2. The number of esters is 1. The van der Waals surface area contributed by atoms with Crippen molar-refractivity contribution >= 4 is 59.3 Å². The van der Waals surface area contributed by atoms with Crippen molar-refractivity contribution in [2.75, 3.05) is 0 Å². The van der Waals surface area contributed by atoms with Gasteiger partial charge < -0.3 is 52.2 Å². The number of carbonyl (C=O) groups excluding carboxylic acids is 8. The van der Waals surface area contributed by atoms with Crippen LogP contribution in [0.5, 0.6) is 0 Å². The van der Waals surface area contributed by atoms with Crippen molar-refractivity contribution in [3.8, 4) is 0 Å². The van der Waals surface area contributed by atoms with E-state index in [-0.39, 0.29) is 62.2 Å². The van der Waals surface area contributed by atoms with Crippen LogP contribution >= 0.6 is 0 Å². The molecule has 1 fully saturated rings. The van der Waals surface area contributed by atoms with E-state index in [0.29, 0.717) is 6.42 Å². The number of unbranched alkanes of at least 4 members (excludes halogenated alkanes) is 10. The molecule has 0 bridgehead atoms. The molecule has 1 aliphatic heterocycles. The second-order valence-corrected chi connectivity index (χ2v) is 22.3. The molecular formula is C54H95N7O13. The van der Waals surface area contributed by atoms with Gasteiger partial charge in [0.05, 0.1) is 12.8 Å². The average molecular weight is 1050 g/mol. The van der Waals surface area contributed by atoms with Crippen molar-refractivity contribution in [3.05, 3.63) is 0 Å². The Morgan fingerprint density at radius 3 is 1.18 bits per heavy atom. The predicted octanol–water partition coefficient (Wildman–Crippen LogP) is 5.58. The van der Waals surface area contributed by atoms with Crippen molar-refractivity contribution in [2.24, 2.45) is 29.6 Å². The lowest BCUT2D eigenvalue weighted by atomic mass is 9.98. The van der Waals surface area contributed by atoms with Gasteiger partial charge >= 0.3 is 17.9 Å². The Bertz CT molecular complexity index is 1810. The lowest BCUT2D eigenvalue weighted by Crippen LogP contribution is -2.60. The summed E-state index contributed by atoms with van der Waals surface area (Å²) in [5, 5.41) is 38.0. The minimum atomic E-state index is -1.72. The molecule has 1 heterocycles. The van der Waals surface area contributed by atoms with Crippen molar-refractivity contribution in [2.45, 2.75) is 253 Å². The molecule has 20 heteroatoms. The Labute approximate surface area is 440 Å². The SMILES string of the molecule is CCCCCCCCCCCCCC1CC(=O)NC(CCC(=O)O)C(=O)NC(CC(C)C)C(=O)NC(CC(C)C)C(=O)NC(CC(C)C)C(=O)NC(CC(=O)O)C(=O)NC(CC(C)C)C(=O)NC(C(C)C)C(=O)O1. The molecule has 0 radical (unpaired) electrons. The molecule has 8 unspecified atom stereocenters. The van der Waals surface area contributed by atoms with Gasteiger partial charge in [0.2, 0.25) is 41.4 Å². The number of rotatable bonds is 26. The number of amides is 7. The quantitative estimate of drug-likeness (QED) is 0.0378. The number of hydrogen-bond acceptors (Lipinski definition) is 11. The molecule has 1 aliphatic rings. The van der Waals surface area contributed by atoms with Crippen molar-refractivity contribution < 1.29 is 62.9 Å². The van der Waals surface area contributed by atoms with Gasteiger partial charge in [-0.25, -0.2) is 4.79 Å². The van der Waals surface area contributed by atoms with E-state index in [1.807, 2.05) is 13.8 Å². The van der Waals surface area contributed by atoms with Gasteiger partial charge in [-0.1, -0.05) is 140 Å². The van der Waals surface area contributed by atoms with E-state index in [0.717, 1.165) is 32.1 Å². The smallest absolute Gasteiger partial charge is 0.329 e. The minimum Gasteiger partial charge on any atom is -0.481 e. The first-order valence-corrected chi connectivity index (χ1v) is 27.5. The third kappa shape index (κ3) is 28.4. The lowest BCUT2D eigenvalue weighted by Gasteiger charge is -2.29. The van der Waals surface area contributed by atoms with Gasteiger partial charge in [0.15, 0.2) is 0 Å². The molecule has 7 amide bonds. The summed E-state index contributed by atoms with van der Waals surface area (Å²) >= 11 is 0. The summed E-state index contributed by atoms with van der Waals surface area (Å²) in [6.45, 7) is 19.9. The molecule has 20 nitrogen and oxygen atoms in total. The third-order valence-electron chi connectivity index (χ3n) is 12.7. The van der Waals surface area contributed by atoms with E-state index in [2.05, 4.69) is 44.1 Å². The van der Waals surface area contributed by atoms with Gasteiger partial charge in [-0.15, -0.1) is 0 Å². The maximum absolute atomic E-state index is 14.2. The lowest BCUT2D eigenvalue weighted by molar-refractivity contribution is -0.156. The van der Waals surface area contributed by atoms with Crippen LogP contribution in [0.25, 0.3) is 0 Å². The highest BCUT2D eigenvalue weighted by molar-refractivity contribution is 5.98. The van der Waals surface area contributed by atoms with Crippen LogP contribution < -0.4 is 37.2 Å². The predicted molar refractivity (Wildman–Crippen MR) is 281 cm³/mol. The van der Waals surface area contributed by atoms with Gasteiger partial charge in [-0.2, -0.15) is 0 Å². The normalized spacial score (nSPS) is 23.8. The van der Waals surface area contributed by atoms with Crippen LogP contribution in [0.2, 0.25) is 0 Å². The monoisotopic (exact) mass is 1050 g/mol. The second-order valence-electron chi connectivity index (χ2n) is 22.3. The molecule has 1 rings (SSSR count). The Morgan fingerprint density at radius 2 is 0.811 bits per heavy atom. The Kier molecular flexibility index (Phi) is 32.3. The number of carboxylic acids is 2. The number of nitrogens with one attached hydrogen (secondary N) is 7. The summed E-state index contributed by atoms with van der Waals surface area (Å²) in [5.41, 5.74) is 0. The van der Waals surface area contributed by atoms with Crippen LogP contribution in [0.3, 0.4) is 0 Å². The zero-order chi connectivity index (χ0) is 56.1. The molecule has 424 valence electrons. The number of carbonyl (C=O) groups is 10. The van der Waals surface area contributed by atoms with Crippen molar-refractivity contribution in [1.82, 2.24) is 37.2 Å². The van der Waals surface area contributed by atoms with Crippen molar-refractivity contribution in [1.29, 1.82) is 0 Å². The molecule has 0 aliphatic carbocycles. The number of cyclic esters (lactones) is 1. The standard InChI is InChI=1S/C54H95N7O13/c1-12-13-14-15-16-17-18-19-20-21-22-23-37-30-44(62)55-38(24-25-45(63)64)48(67)56-39(26-32(2)3)49(68)57-40(27-33(4)5)50(69)58-41(28-34(6)7)51(70)60-43(31-46(65)66)52(71)59-42(29-35(8)9)53(72)61-47(36(10)11)54(73)74-37/h32-43,47H,12-31H2,1-11H3,(H,55,62)(H,56,67)(H,57,68)(H,58,69)(H,59,71)(H,60,70)(H,61,72)(H,63,64)(H,65,66). The highest BCUT2D eigenvalue weighted by atomic mass is 16.5. The number of hydrogen-bond donors (Lipinski definition) is 9.